The van der Waals surface area contributed by atoms with E-state index in [1.54, 1.807) is 0 Å². The molecule has 0 aromatic carbocycles. The van der Waals surface area contributed by atoms with Gasteiger partial charge in [0.1, 0.15) is 0 Å². The first-order valence-corrected chi connectivity index (χ1v) is 12.9. The summed E-state index contributed by atoms with van der Waals surface area (Å²) in [6.45, 7) is 13.7. The van der Waals surface area contributed by atoms with Crippen molar-refractivity contribution in [2.75, 3.05) is 13.2 Å². The van der Waals surface area contributed by atoms with Gasteiger partial charge in [-0.2, -0.15) is 0 Å². The van der Waals surface area contributed by atoms with E-state index in [0.29, 0.717) is 6.42 Å². The maximum Gasteiger partial charge on any atom is 0.472 e. The van der Waals surface area contributed by atoms with Crippen LogP contribution in [0.15, 0.2) is 11.6 Å². The van der Waals surface area contributed by atoms with Crippen LogP contribution in [0.4, 0.5) is 0 Å². The number of allylic oxidation sites excluding steroid dienone is 1. The van der Waals surface area contributed by atoms with E-state index >= 15 is 0 Å². The Morgan fingerprint density at radius 1 is 0.929 bits per heavy atom. The average Bonchev–Trinajstić information content (AvgIpc) is 2.59. The molecule has 0 aromatic rings. The molecule has 0 amide bonds. The van der Waals surface area contributed by atoms with E-state index < -0.39 is 7.82 Å². The Bertz CT molecular complexity index is 448. The molecule has 0 heterocycles. The molecular formula is C23H47O4P. The predicted octanol–water partition coefficient (Wildman–Crippen LogP) is 7.92. The van der Waals surface area contributed by atoms with Gasteiger partial charge in [-0.1, -0.05) is 91.2 Å². The zero-order valence-corrected chi connectivity index (χ0v) is 20.3. The summed E-state index contributed by atoms with van der Waals surface area (Å²) in [5.74, 6) is 2.46. The quantitative estimate of drug-likeness (QED) is 0.181. The lowest BCUT2D eigenvalue weighted by Crippen LogP contribution is -2.00. The van der Waals surface area contributed by atoms with Gasteiger partial charge in [-0.25, -0.2) is 4.57 Å². The molecule has 0 bridgehead atoms. The monoisotopic (exact) mass is 418 g/mol. The largest absolute Gasteiger partial charge is 0.472 e. The third-order valence-electron chi connectivity index (χ3n) is 5.27. The van der Waals surface area contributed by atoms with Gasteiger partial charge in [0.05, 0.1) is 13.2 Å². The highest BCUT2D eigenvalue weighted by molar-refractivity contribution is 7.47. The molecule has 4 nitrogen and oxygen atoms in total. The molecule has 0 spiro atoms. The Morgan fingerprint density at radius 3 is 2.00 bits per heavy atom. The van der Waals surface area contributed by atoms with E-state index in [0.717, 1.165) is 30.6 Å². The number of rotatable bonds is 18. The van der Waals surface area contributed by atoms with Crippen LogP contribution >= 0.6 is 7.82 Å². The van der Waals surface area contributed by atoms with Gasteiger partial charge in [0, 0.05) is 0 Å². The van der Waals surface area contributed by atoms with E-state index in [2.05, 4.69) is 34.6 Å². The van der Waals surface area contributed by atoms with Crippen molar-refractivity contribution in [1.29, 1.82) is 0 Å². The van der Waals surface area contributed by atoms with E-state index in [1.807, 2.05) is 13.0 Å². The van der Waals surface area contributed by atoms with Crippen molar-refractivity contribution in [1.82, 2.24) is 0 Å². The molecule has 0 aromatic heterocycles. The van der Waals surface area contributed by atoms with E-state index in [-0.39, 0.29) is 13.2 Å². The van der Waals surface area contributed by atoms with Gasteiger partial charge in [0.15, 0.2) is 0 Å². The molecular weight excluding hydrogens is 371 g/mol. The summed E-state index contributed by atoms with van der Waals surface area (Å²) in [6, 6.07) is 0. The minimum Gasteiger partial charge on any atom is -0.302 e. The van der Waals surface area contributed by atoms with E-state index in [9.17, 15) is 9.46 Å². The molecule has 28 heavy (non-hydrogen) atoms. The molecule has 0 fully saturated rings. The lowest BCUT2D eigenvalue weighted by Gasteiger charge is -2.15. The van der Waals surface area contributed by atoms with Crippen molar-refractivity contribution in [3.63, 3.8) is 0 Å². The molecule has 1 N–H and O–H groups in total. The normalized spacial score (nSPS) is 16.9. The van der Waals surface area contributed by atoms with Crippen molar-refractivity contribution in [2.24, 2.45) is 17.8 Å². The molecule has 0 saturated carbocycles. The fourth-order valence-corrected chi connectivity index (χ4v) is 4.08. The van der Waals surface area contributed by atoms with Gasteiger partial charge < -0.3 is 4.89 Å². The number of hydrogen-bond acceptors (Lipinski definition) is 3. The molecule has 0 rings (SSSR count). The van der Waals surface area contributed by atoms with Crippen molar-refractivity contribution >= 4 is 7.82 Å². The second-order valence-corrected chi connectivity index (χ2v) is 10.5. The van der Waals surface area contributed by atoms with Gasteiger partial charge in [-0.15, -0.1) is 0 Å². The highest BCUT2D eigenvalue weighted by Crippen LogP contribution is 2.43. The highest BCUT2D eigenvalue weighted by Gasteiger charge is 2.19. The SMILES string of the molecule is CCCOP(=O)(O)OC/C=C(\C)CCC[C@H](C)CCC[C@H](C)CCCC(C)C. The molecule has 3 atom stereocenters. The summed E-state index contributed by atoms with van der Waals surface area (Å²) >= 11 is 0. The second-order valence-electron chi connectivity index (χ2n) is 9.01. The number of phosphoric acid groups is 1. The Labute approximate surface area is 175 Å². The van der Waals surface area contributed by atoms with Gasteiger partial charge >= 0.3 is 7.82 Å². The molecule has 0 saturated heterocycles. The average molecular weight is 419 g/mol. The van der Waals surface area contributed by atoms with E-state index in [4.69, 9.17) is 9.05 Å². The van der Waals surface area contributed by atoms with Crippen molar-refractivity contribution in [3.05, 3.63) is 11.6 Å². The summed E-state index contributed by atoms with van der Waals surface area (Å²) in [6.07, 6.45) is 14.1. The number of hydrogen-bond donors (Lipinski definition) is 1. The summed E-state index contributed by atoms with van der Waals surface area (Å²) in [5.41, 5.74) is 1.21. The first-order chi connectivity index (χ1) is 13.2. The third kappa shape index (κ3) is 17.9. The third-order valence-corrected chi connectivity index (χ3v) is 6.25. The molecule has 0 aliphatic heterocycles. The van der Waals surface area contributed by atoms with Crippen LogP contribution in [-0.4, -0.2) is 18.1 Å². The van der Waals surface area contributed by atoms with Gasteiger partial charge in [-0.05, 0) is 43.9 Å². The van der Waals surface area contributed by atoms with Crippen LogP contribution in [0.2, 0.25) is 0 Å². The lowest BCUT2D eigenvalue weighted by molar-refractivity contribution is 0.161. The first kappa shape index (κ1) is 27.8. The standard InChI is InChI=1S/C23H47O4P/c1-7-18-26-28(24,25)27-19-17-23(6)16-10-15-22(5)14-9-13-21(4)12-8-11-20(2)3/h17,20-22H,7-16,18-19H2,1-6H3,(H,24,25)/b23-17+/t21-,22-/m1/s1. The van der Waals surface area contributed by atoms with E-state index in [1.165, 1.54) is 50.5 Å². The maximum atomic E-state index is 11.6. The molecule has 5 heteroatoms. The molecule has 168 valence electrons. The minimum atomic E-state index is -3.88. The van der Waals surface area contributed by atoms with Crippen LogP contribution in [-0.2, 0) is 13.6 Å². The van der Waals surface area contributed by atoms with Crippen LogP contribution in [0.25, 0.3) is 0 Å². The smallest absolute Gasteiger partial charge is 0.302 e. The molecule has 0 radical (unpaired) electrons. The number of phosphoric ester groups is 1. The predicted molar refractivity (Wildman–Crippen MR) is 120 cm³/mol. The van der Waals surface area contributed by atoms with Gasteiger partial charge in [-0.3, -0.25) is 9.05 Å². The summed E-state index contributed by atoms with van der Waals surface area (Å²) in [5, 5.41) is 0. The topological polar surface area (TPSA) is 55.8 Å². The second kappa shape index (κ2) is 16.6. The zero-order valence-electron chi connectivity index (χ0n) is 19.4. The zero-order chi connectivity index (χ0) is 21.4. The minimum absolute atomic E-state index is 0.133. The Kier molecular flexibility index (Phi) is 16.5. The van der Waals surface area contributed by atoms with Gasteiger partial charge in [0.25, 0.3) is 0 Å². The summed E-state index contributed by atoms with van der Waals surface area (Å²) in [7, 11) is -3.88. The summed E-state index contributed by atoms with van der Waals surface area (Å²) in [4.78, 5) is 9.48. The van der Waals surface area contributed by atoms with Gasteiger partial charge in [0.2, 0.25) is 0 Å². The van der Waals surface area contributed by atoms with Crippen LogP contribution in [0.1, 0.15) is 106 Å². The maximum absolute atomic E-state index is 11.6. The van der Waals surface area contributed by atoms with Crippen molar-refractivity contribution < 1.29 is 18.5 Å². The van der Waals surface area contributed by atoms with Crippen molar-refractivity contribution in [2.45, 2.75) is 106 Å². The fourth-order valence-electron chi connectivity index (χ4n) is 3.33. The molecule has 0 aliphatic carbocycles. The Morgan fingerprint density at radius 2 is 1.46 bits per heavy atom. The highest BCUT2D eigenvalue weighted by atomic mass is 31.2. The van der Waals surface area contributed by atoms with Crippen molar-refractivity contribution in [3.8, 4) is 0 Å². The molecule has 0 aliphatic rings. The fraction of sp³-hybridized carbons (Fsp3) is 0.913. The Balaban J connectivity index is 3.78. The first-order valence-electron chi connectivity index (χ1n) is 11.4. The van der Waals surface area contributed by atoms with Crippen LogP contribution < -0.4 is 0 Å². The Hall–Kier alpha value is -0.150. The molecule has 1 unspecified atom stereocenters. The summed E-state index contributed by atoms with van der Waals surface area (Å²) < 4.78 is 21.4. The van der Waals surface area contributed by atoms with Crippen LogP contribution in [0, 0.1) is 17.8 Å². The lowest BCUT2D eigenvalue weighted by atomic mass is 9.91. The van der Waals surface area contributed by atoms with Crippen LogP contribution in [0.3, 0.4) is 0 Å². The van der Waals surface area contributed by atoms with Crippen LogP contribution in [0.5, 0.6) is 0 Å².